The summed E-state index contributed by atoms with van der Waals surface area (Å²) < 4.78 is 7.59. The van der Waals surface area contributed by atoms with Crippen molar-refractivity contribution in [1.29, 1.82) is 0 Å². The maximum Gasteiger partial charge on any atom is 0.156 e. The fraction of sp³-hybridized carbons (Fsp3) is 0.389. The zero-order valence-corrected chi connectivity index (χ0v) is 15.2. The van der Waals surface area contributed by atoms with Gasteiger partial charge in [-0.15, -0.1) is 0 Å². The van der Waals surface area contributed by atoms with E-state index in [-0.39, 0.29) is 0 Å². The second-order valence-corrected chi connectivity index (χ2v) is 6.89. The summed E-state index contributed by atoms with van der Waals surface area (Å²) in [4.78, 5) is 6.86. The number of rotatable bonds is 8. The van der Waals surface area contributed by atoms with Gasteiger partial charge in [0.1, 0.15) is 12.4 Å². The Kier molecular flexibility index (Phi) is 5.49. The van der Waals surface area contributed by atoms with Crippen LogP contribution in [0.1, 0.15) is 24.2 Å². The van der Waals surface area contributed by atoms with Gasteiger partial charge in [0.25, 0.3) is 0 Å². The number of ether oxygens (including phenoxy) is 1. The Morgan fingerprint density at radius 1 is 1.33 bits per heavy atom. The van der Waals surface area contributed by atoms with E-state index in [2.05, 4.69) is 21.0 Å². The second-order valence-electron chi connectivity index (χ2n) is 6.08. The van der Waals surface area contributed by atoms with Crippen LogP contribution in [0.5, 0.6) is 5.75 Å². The first-order chi connectivity index (χ1) is 11.6. The van der Waals surface area contributed by atoms with Gasteiger partial charge in [-0.1, -0.05) is 35.9 Å². The molecule has 0 atom stereocenters. The van der Waals surface area contributed by atoms with E-state index in [0.717, 1.165) is 24.5 Å². The fourth-order valence-corrected chi connectivity index (χ4v) is 3.34. The van der Waals surface area contributed by atoms with Gasteiger partial charge >= 0.3 is 0 Å². The van der Waals surface area contributed by atoms with Crippen molar-refractivity contribution in [2.24, 2.45) is 7.05 Å². The molecule has 0 N–H and O–H groups in total. The zero-order chi connectivity index (χ0) is 17.1. The van der Waals surface area contributed by atoms with Crippen molar-refractivity contribution in [1.82, 2.24) is 14.5 Å². The van der Waals surface area contributed by atoms with Crippen molar-refractivity contribution in [2.45, 2.75) is 32.0 Å². The van der Waals surface area contributed by atoms with Crippen LogP contribution in [-0.2, 0) is 20.1 Å². The lowest BCUT2D eigenvalue weighted by atomic mass is 10.2. The van der Waals surface area contributed by atoms with E-state index < -0.39 is 0 Å². The summed E-state index contributed by atoms with van der Waals surface area (Å²) in [6.45, 7) is 5.62. The van der Waals surface area contributed by atoms with Crippen molar-refractivity contribution in [2.75, 3.05) is 6.61 Å². The first kappa shape index (κ1) is 17.3. The number of hydrogen-bond donors (Lipinski definition) is 0. The summed E-state index contributed by atoms with van der Waals surface area (Å²) >= 11 is 12.7. The number of imidazole rings is 1. The minimum atomic E-state index is 0.381. The molecular formula is C18H21Cl2N3O. The number of aromatic nitrogens is 2. The quantitative estimate of drug-likeness (QED) is 0.647. The van der Waals surface area contributed by atoms with Gasteiger partial charge in [-0.05, 0) is 30.5 Å². The highest BCUT2D eigenvalue weighted by molar-refractivity contribution is 6.37. The third-order valence-corrected chi connectivity index (χ3v) is 4.68. The Morgan fingerprint density at radius 3 is 2.58 bits per heavy atom. The Hall–Kier alpha value is -1.49. The average molecular weight is 366 g/mol. The van der Waals surface area contributed by atoms with E-state index in [1.54, 1.807) is 6.08 Å². The fourth-order valence-electron chi connectivity index (χ4n) is 2.70. The third-order valence-electron chi connectivity index (χ3n) is 4.12. The molecule has 3 rings (SSSR count). The molecule has 0 saturated heterocycles. The molecule has 1 fully saturated rings. The van der Waals surface area contributed by atoms with Crippen LogP contribution < -0.4 is 4.74 Å². The number of nitrogens with zero attached hydrogens (tertiary/aromatic N) is 3. The molecule has 1 saturated carbocycles. The smallest absolute Gasteiger partial charge is 0.156 e. The summed E-state index contributed by atoms with van der Waals surface area (Å²) in [5.74, 6) is 1.58. The number of aryl methyl sites for hydroxylation is 1. The van der Waals surface area contributed by atoms with Gasteiger partial charge in [0.2, 0.25) is 0 Å². The van der Waals surface area contributed by atoms with Crippen molar-refractivity contribution in [3.05, 3.63) is 58.6 Å². The lowest BCUT2D eigenvalue weighted by Gasteiger charge is -2.22. The van der Waals surface area contributed by atoms with Gasteiger partial charge in [0.15, 0.2) is 5.75 Å². The lowest BCUT2D eigenvalue weighted by molar-refractivity contribution is 0.237. The summed E-state index contributed by atoms with van der Waals surface area (Å²) in [5, 5.41) is 1.07. The van der Waals surface area contributed by atoms with Gasteiger partial charge in [-0.3, -0.25) is 4.90 Å². The minimum absolute atomic E-state index is 0.381. The average Bonchev–Trinajstić information content (AvgIpc) is 3.30. The Bertz CT molecular complexity index is 702. The highest BCUT2D eigenvalue weighted by Crippen LogP contribution is 2.36. The van der Waals surface area contributed by atoms with Crippen LogP contribution >= 0.6 is 23.2 Å². The van der Waals surface area contributed by atoms with Crippen LogP contribution in [0.2, 0.25) is 10.0 Å². The Balaban J connectivity index is 1.75. The van der Waals surface area contributed by atoms with Crippen LogP contribution in [0.4, 0.5) is 0 Å². The molecule has 0 unspecified atom stereocenters. The van der Waals surface area contributed by atoms with Crippen molar-refractivity contribution in [3.8, 4) is 5.75 Å². The minimum Gasteiger partial charge on any atom is -0.486 e. The molecule has 1 aliphatic rings. The standard InChI is InChI=1S/C18H21Cl2N3O/c1-3-8-24-18-15(19)9-13(10-16(18)20)11-23(14-4-5-14)12-17-21-6-7-22(17)2/h3,6-7,9-10,14H,1,4-5,8,11-12H2,2H3. The highest BCUT2D eigenvalue weighted by atomic mass is 35.5. The molecular weight excluding hydrogens is 345 g/mol. The molecule has 1 aliphatic carbocycles. The molecule has 2 aromatic rings. The lowest BCUT2D eigenvalue weighted by Crippen LogP contribution is -2.26. The number of benzene rings is 1. The molecule has 0 aliphatic heterocycles. The first-order valence-electron chi connectivity index (χ1n) is 8.00. The molecule has 1 aromatic carbocycles. The Morgan fingerprint density at radius 2 is 2.04 bits per heavy atom. The van der Waals surface area contributed by atoms with E-state index >= 15 is 0 Å². The van der Waals surface area contributed by atoms with Crippen LogP contribution in [0, 0.1) is 0 Å². The van der Waals surface area contributed by atoms with E-state index in [9.17, 15) is 0 Å². The summed E-state index contributed by atoms with van der Waals surface area (Å²) in [5.41, 5.74) is 1.08. The molecule has 0 amide bonds. The summed E-state index contributed by atoms with van der Waals surface area (Å²) in [7, 11) is 2.02. The van der Waals surface area contributed by atoms with Crippen molar-refractivity contribution >= 4 is 23.2 Å². The van der Waals surface area contributed by atoms with E-state index in [4.69, 9.17) is 27.9 Å². The largest absolute Gasteiger partial charge is 0.486 e. The summed E-state index contributed by atoms with van der Waals surface area (Å²) in [6.07, 6.45) is 7.93. The van der Waals surface area contributed by atoms with Crippen molar-refractivity contribution < 1.29 is 4.74 Å². The van der Waals surface area contributed by atoms with E-state index in [1.165, 1.54) is 12.8 Å². The van der Waals surface area contributed by atoms with Crippen LogP contribution in [0.3, 0.4) is 0 Å². The number of hydrogen-bond acceptors (Lipinski definition) is 3. The van der Waals surface area contributed by atoms with E-state index in [1.807, 2.05) is 31.6 Å². The topological polar surface area (TPSA) is 30.3 Å². The van der Waals surface area contributed by atoms with Gasteiger partial charge in [0.05, 0.1) is 16.6 Å². The molecule has 6 heteroatoms. The highest BCUT2D eigenvalue weighted by Gasteiger charge is 2.30. The molecule has 0 bridgehead atoms. The molecule has 1 heterocycles. The SMILES string of the molecule is C=CCOc1c(Cl)cc(CN(Cc2nccn2C)C2CC2)cc1Cl. The predicted molar refractivity (Wildman–Crippen MR) is 97.6 cm³/mol. The molecule has 24 heavy (non-hydrogen) atoms. The molecule has 4 nitrogen and oxygen atoms in total. The zero-order valence-electron chi connectivity index (χ0n) is 13.7. The maximum atomic E-state index is 6.34. The van der Waals surface area contributed by atoms with Crippen molar-refractivity contribution in [3.63, 3.8) is 0 Å². The predicted octanol–water partition coefficient (Wildman–Crippen LogP) is 4.46. The first-order valence-corrected chi connectivity index (χ1v) is 8.76. The molecule has 0 spiro atoms. The van der Waals surface area contributed by atoms with Crippen LogP contribution in [0.25, 0.3) is 0 Å². The monoisotopic (exact) mass is 365 g/mol. The molecule has 128 valence electrons. The van der Waals surface area contributed by atoms with Gasteiger partial charge in [0, 0.05) is 32.0 Å². The third kappa shape index (κ3) is 4.12. The van der Waals surface area contributed by atoms with Gasteiger partial charge < -0.3 is 9.30 Å². The second kappa shape index (κ2) is 7.60. The van der Waals surface area contributed by atoms with Gasteiger partial charge in [-0.2, -0.15) is 0 Å². The molecule has 1 aromatic heterocycles. The van der Waals surface area contributed by atoms with Gasteiger partial charge in [-0.25, -0.2) is 4.98 Å². The number of halogens is 2. The Labute approximate surface area is 152 Å². The van der Waals surface area contributed by atoms with Crippen LogP contribution in [0.15, 0.2) is 37.2 Å². The normalized spacial score (nSPS) is 14.2. The van der Waals surface area contributed by atoms with Crippen LogP contribution in [-0.4, -0.2) is 27.1 Å². The molecule has 0 radical (unpaired) electrons. The van der Waals surface area contributed by atoms with E-state index in [0.29, 0.717) is 28.4 Å². The maximum absolute atomic E-state index is 6.34. The summed E-state index contributed by atoms with van der Waals surface area (Å²) in [6, 6.07) is 4.47.